The third kappa shape index (κ3) is 4.32. The van der Waals surface area contributed by atoms with E-state index in [2.05, 4.69) is 10.3 Å². The standard InChI is InChI=1S/C19H13N3O3S/c20-10-13-6-8-15(9-7-13)21-17(23)11-25-19(24)16-12-26-18(22-16)14-4-2-1-3-5-14/h1-9,12H,11H2,(H,21,23). The number of thiazole rings is 1. The van der Waals surface area contributed by atoms with Crippen LogP contribution in [-0.4, -0.2) is 23.5 Å². The van der Waals surface area contributed by atoms with Crippen molar-refractivity contribution in [1.29, 1.82) is 5.26 Å². The number of ether oxygens (including phenoxy) is 1. The third-order valence-electron chi connectivity index (χ3n) is 3.37. The van der Waals surface area contributed by atoms with Gasteiger partial charge in [0.25, 0.3) is 5.91 Å². The predicted molar refractivity (Wildman–Crippen MR) is 97.6 cm³/mol. The number of hydrogen-bond acceptors (Lipinski definition) is 6. The SMILES string of the molecule is N#Cc1ccc(NC(=O)COC(=O)c2csc(-c3ccccc3)n2)cc1. The monoisotopic (exact) mass is 363 g/mol. The van der Waals surface area contributed by atoms with Crippen LogP contribution in [0, 0.1) is 11.3 Å². The first kappa shape index (κ1) is 17.3. The normalized spacial score (nSPS) is 9.96. The summed E-state index contributed by atoms with van der Waals surface area (Å²) in [5.74, 6) is -1.13. The second kappa shape index (κ2) is 8.05. The molecule has 0 saturated heterocycles. The van der Waals surface area contributed by atoms with Crippen molar-refractivity contribution in [3.63, 3.8) is 0 Å². The summed E-state index contributed by atoms with van der Waals surface area (Å²) in [5, 5.41) is 13.6. The van der Waals surface area contributed by atoms with Crippen LogP contribution in [0.4, 0.5) is 5.69 Å². The first-order valence-corrected chi connectivity index (χ1v) is 8.52. The molecule has 0 spiro atoms. The number of nitrogens with zero attached hydrogens (tertiary/aromatic N) is 2. The highest BCUT2D eigenvalue weighted by Gasteiger charge is 2.15. The minimum absolute atomic E-state index is 0.167. The van der Waals surface area contributed by atoms with E-state index in [9.17, 15) is 9.59 Å². The lowest BCUT2D eigenvalue weighted by Crippen LogP contribution is -2.21. The molecule has 1 N–H and O–H groups in total. The van der Waals surface area contributed by atoms with E-state index in [0.29, 0.717) is 16.3 Å². The second-order valence-electron chi connectivity index (χ2n) is 5.22. The highest BCUT2D eigenvalue weighted by atomic mass is 32.1. The number of benzene rings is 2. The first-order valence-electron chi connectivity index (χ1n) is 7.64. The number of esters is 1. The molecule has 128 valence electrons. The maximum absolute atomic E-state index is 12.0. The molecule has 0 fully saturated rings. The van der Waals surface area contributed by atoms with Crippen LogP contribution in [0.1, 0.15) is 16.1 Å². The number of carbonyl (C=O) groups excluding carboxylic acids is 2. The third-order valence-corrected chi connectivity index (χ3v) is 4.26. The number of nitrogens with one attached hydrogen (secondary N) is 1. The van der Waals surface area contributed by atoms with E-state index in [-0.39, 0.29) is 5.69 Å². The largest absolute Gasteiger partial charge is 0.451 e. The zero-order valence-corrected chi connectivity index (χ0v) is 14.3. The Bertz CT molecular complexity index is 960. The summed E-state index contributed by atoms with van der Waals surface area (Å²) < 4.78 is 5.00. The second-order valence-corrected chi connectivity index (χ2v) is 6.08. The molecule has 7 heteroatoms. The van der Waals surface area contributed by atoms with E-state index in [1.165, 1.54) is 11.3 Å². The Hall–Kier alpha value is -3.50. The van der Waals surface area contributed by atoms with Gasteiger partial charge in [-0.3, -0.25) is 4.79 Å². The van der Waals surface area contributed by atoms with Gasteiger partial charge in [0, 0.05) is 16.6 Å². The number of aromatic nitrogens is 1. The number of hydrogen-bond donors (Lipinski definition) is 1. The van der Waals surface area contributed by atoms with Crippen LogP contribution in [0.5, 0.6) is 0 Å². The van der Waals surface area contributed by atoms with Crippen molar-refractivity contribution in [2.75, 3.05) is 11.9 Å². The molecule has 3 aromatic rings. The lowest BCUT2D eigenvalue weighted by atomic mass is 10.2. The van der Waals surface area contributed by atoms with Crippen molar-refractivity contribution in [3.05, 3.63) is 71.2 Å². The molecule has 0 aliphatic rings. The Morgan fingerprint density at radius 3 is 2.54 bits per heavy atom. The van der Waals surface area contributed by atoms with Crippen molar-refractivity contribution in [2.24, 2.45) is 0 Å². The highest BCUT2D eigenvalue weighted by Crippen LogP contribution is 2.23. The fraction of sp³-hybridized carbons (Fsp3) is 0.0526. The molecule has 0 aliphatic heterocycles. The number of carbonyl (C=O) groups is 2. The minimum Gasteiger partial charge on any atom is -0.451 e. The first-order chi connectivity index (χ1) is 12.7. The quantitative estimate of drug-likeness (QED) is 0.701. The summed E-state index contributed by atoms with van der Waals surface area (Å²) in [7, 11) is 0. The number of amides is 1. The number of nitriles is 1. The zero-order valence-electron chi connectivity index (χ0n) is 13.5. The molecule has 6 nitrogen and oxygen atoms in total. The van der Waals surface area contributed by atoms with E-state index < -0.39 is 18.5 Å². The van der Waals surface area contributed by atoms with Crippen LogP contribution in [0.2, 0.25) is 0 Å². The van der Waals surface area contributed by atoms with Gasteiger partial charge in [-0.15, -0.1) is 11.3 Å². The molecule has 1 aromatic heterocycles. The Morgan fingerprint density at radius 1 is 1.12 bits per heavy atom. The molecule has 26 heavy (non-hydrogen) atoms. The van der Waals surface area contributed by atoms with E-state index in [4.69, 9.17) is 10.00 Å². The van der Waals surface area contributed by atoms with Crippen molar-refractivity contribution < 1.29 is 14.3 Å². The summed E-state index contributed by atoms with van der Waals surface area (Å²) >= 11 is 1.33. The minimum atomic E-state index is -0.654. The van der Waals surface area contributed by atoms with Gasteiger partial charge in [0.2, 0.25) is 0 Å². The van der Waals surface area contributed by atoms with Gasteiger partial charge in [0.05, 0.1) is 11.6 Å². The molecule has 0 bridgehead atoms. The number of anilines is 1. The molecule has 1 heterocycles. The van der Waals surface area contributed by atoms with Crippen LogP contribution >= 0.6 is 11.3 Å². The Kier molecular flexibility index (Phi) is 5.37. The van der Waals surface area contributed by atoms with E-state index >= 15 is 0 Å². The molecule has 0 unspecified atom stereocenters. The average molecular weight is 363 g/mol. The Morgan fingerprint density at radius 2 is 1.85 bits per heavy atom. The van der Waals surface area contributed by atoms with Crippen LogP contribution in [-0.2, 0) is 9.53 Å². The molecular formula is C19H13N3O3S. The number of rotatable bonds is 5. The van der Waals surface area contributed by atoms with Gasteiger partial charge in [-0.2, -0.15) is 5.26 Å². The van der Waals surface area contributed by atoms with Crippen molar-refractivity contribution in [1.82, 2.24) is 4.98 Å². The van der Waals surface area contributed by atoms with E-state index in [1.54, 1.807) is 29.6 Å². The average Bonchev–Trinajstić information content (AvgIpc) is 3.18. The van der Waals surface area contributed by atoms with E-state index in [0.717, 1.165) is 5.56 Å². The van der Waals surface area contributed by atoms with E-state index in [1.807, 2.05) is 36.4 Å². The molecule has 0 radical (unpaired) electrons. The molecular weight excluding hydrogens is 350 g/mol. The summed E-state index contributed by atoms with van der Waals surface area (Å²) in [4.78, 5) is 28.1. The summed E-state index contributed by atoms with van der Waals surface area (Å²) in [5.41, 5.74) is 2.09. The fourth-order valence-corrected chi connectivity index (χ4v) is 2.91. The fourth-order valence-electron chi connectivity index (χ4n) is 2.11. The summed E-state index contributed by atoms with van der Waals surface area (Å²) in [6.07, 6.45) is 0. The maximum atomic E-state index is 12.0. The Labute approximate surface area is 153 Å². The molecule has 2 aromatic carbocycles. The maximum Gasteiger partial charge on any atom is 0.358 e. The van der Waals surface area contributed by atoms with Gasteiger partial charge in [-0.05, 0) is 24.3 Å². The molecule has 3 rings (SSSR count). The molecule has 0 aliphatic carbocycles. The smallest absolute Gasteiger partial charge is 0.358 e. The van der Waals surface area contributed by atoms with Crippen LogP contribution in [0.25, 0.3) is 10.6 Å². The van der Waals surface area contributed by atoms with Crippen molar-refractivity contribution in [3.8, 4) is 16.6 Å². The topological polar surface area (TPSA) is 92.1 Å². The van der Waals surface area contributed by atoms with Gasteiger partial charge < -0.3 is 10.1 Å². The van der Waals surface area contributed by atoms with Gasteiger partial charge in [0.1, 0.15) is 5.01 Å². The van der Waals surface area contributed by atoms with Crippen molar-refractivity contribution >= 4 is 28.9 Å². The van der Waals surface area contributed by atoms with Gasteiger partial charge in [-0.25, -0.2) is 9.78 Å². The molecule has 0 saturated carbocycles. The highest BCUT2D eigenvalue weighted by molar-refractivity contribution is 7.13. The molecule has 1 amide bonds. The van der Waals surface area contributed by atoms with Crippen molar-refractivity contribution in [2.45, 2.75) is 0 Å². The van der Waals surface area contributed by atoms with Gasteiger partial charge in [0.15, 0.2) is 12.3 Å². The summed E-state index contributed by atoms with van der Waals surface area (Å²) in [6.45, 7) is -0.420. The molecule has 0 atom stereocenters. The van der Waals surface area contributed by atoms with Crippen LogP contribution in [0.3, 0.4) is 0 Å². The Balaban J connectivity index is 1.54. The van der Waals surface area contributed by atoms with Gasteiger partial charge >= 0.3 is 5.97 Å². The summed E-state index contributed by atoms with van der Waals surface area (Å²) in [6, 6.07) is 17.9. The predicted octanol–water partition coefficient (Wildman–Crippen LogP) is 3.48. The van der Waals surface area contributed by atoms with Crippen LogP contribution < -0.4 is 5.32 Å². The van der Waals surface area contributed by atoms with Gasteiger partial charge in [-0.1, -0.05) is 30.3 Å². The zero-order chi connectivity index (χ0) is 18.4. The lowest BCUT2D eigenvalue weighted by Gasteiger charge is -2.05. The van der Waals surface area contributed by atoms with Crippen LogP contribution in [0.15, 0.2) is 60.0 Å². The lowest BCUT2D eigenvalue weighted by molar-refractivity contribution is -0.119.